The quantitative estimate of drug-likeness (QED) is 0.574. The lowest BCUT2D eigenvalue weighted by Gasteiger charge is -2.35. The number of hydrogen-bond acceptors (Lipinski definition) is 3. The van der Waals surface area contributed by atoms with Crippen molar-refractivity contribution in [3.63, 3.8) is 0 Å². The van der Waals surface area contributed by atoms with Crippen molar-refractivity contribution < 1.29 is 14.7 Å². The van der Waals surface area contributed by atoms with E-state index in [1.165, 1.54) is 0 Å². The van der Waals surface area contributed by atoms with E-state index < -0.39 is 12.0 Å². The standard InChI is InChI=1S/C7H11NO3/c9-6(10)5-4-7(11-8-5)2-1-3-7/h5,8H,1-4H2,(H,9,10). The van der Waals surface area contributed by atoms with Crippen LogP contribution in [-0.4, -0.2) is 22.7 Å². The summed E-state index contributed by atoms with van der Waals surface area (Å²) in [5.41, 5.74) is 2.43. The van der Waals surface area contributed by atoms with Gasteiger partial charge < -0.3 is 5.11 Å². The van der Waals surface area contributed by atoms with E-state index in [1.54, 1.807) is 0 Å². The second-order valence-electron chi connectivity index (χ2n) is 3.35. The van der Waals surface area contributed by atoms with Crippen LogP contribution in [0.3, 0.4) is 0 Å². The van der Waals surface area contributed by atoms with Gasteiger partial charge in [0.2, 0.25) is 0 Å². The molecule has 1 saturated carbocycles. The Balaban J connectivity index is 1.98. The zero-order valence-electron chi connectivity index (χ0n) is 6.17. The number of hydrogen-bond donors (Lipinski definition) is 2. The Morgan fingerprint density at radius 2 is 2.36 bits per heavy atom. The Bertz CT molecular complexity index is 188. The Morgan fingerprint density at radius 3 is 2.64 bits per heavy atom. The fraction of sp³-hybridized carbons (Fsp3) is 0.857. The summed E-state index contributed by atoms with van der Waals surface area (Å²) in [6.45, 7) is 0. The van der Waals surface area contributed by atoms with Crippen LogP contribution in [0.4, 0.5) is 0 Å². The van der Waals surface area contributed by atoms with Crippen LogP contribution in [0.5, 0.6) is 0 Å². The monoisotopic (exact) mass is 157 g/mol. The van der Waals surface area contributed by atoms with Gasteiger partial charge in [0.1, 0.15) is 6.04 Å². The van der Waals surface area contributed by atoms with Crippen molar-refractivity contribution in [1.29, 1.82) is 0 Å². The van der Waals surface area contributed by atoms with Crippen molar-refractivity contribution >= 4 is 5.97 Å². The number of carboxylic acids is 1. The number of carboxylic acid groups (broad SMARTS) is 1. The number of nitrogens with one attached hydrogen (secondary N) is 1. The highest BCUT2D eigenvalue weighted by Gasteiger charge is 2.47. The predicted octanol–water partition coefficient (Wildman–Crippen LogP) is 0.287. The third-order valence-electron chi connectivity index (χ3n) is 2.56. The molecule has 1 aliphatic heterocycles. The zero-order chi connectivity index (χ0) is 7.90. The van der Waals surface area contributed by atoms with Crippen LogP contribution in [0.25, 0.3) is 0 Å². The van der Waals surface area contributed by atoms with Crippen LogP contribution < -0.4 is 5.48 Å². The van der Waals surface area contributed by atoms with Gasteiger partial charge in [0.25, 0.3) is 0 Å². The van der Waals surface area contributed by atoms with Gasteiger partial charge in [-0.15, -0.1) is 0 Å². The lowest BCUT2D eigenvalue weighted by Crippen LogP contribution is -2.37. The summed E-state index contributed by atoms with van der Waals surface area (Å²) < 4.78 is 0. The molecule has 1 atom stereocenters. The molecule has 0 amide bonds. The van der Waals surface area contributed by atoms with Crippen molar-refractivity contribution in [3.8, 4) is 0 Å². The van der Waals surface area contributed by atoms with E-state index in [-0.39, 0.29) is 5.60 Å². The zero-order valence-corrected chi connectivity index (χ0v) is 6.17. The summed E-state index contributed by atoms with van der Waals surface area (Å²) in [4.78, 5) is 15.7. The maximum Gasteiger partial charge on any atom is 0.323 e. The first-order chi connectivity index (χ1) is 5.22. The van der Waals surface area contributed by atoms with Crippen LogP contribution >= 0.6 is 0 Å². The van der Waals surface area contributed by atoms with E-state index in [9.17, 15) is 4.79 Å². The fourth-order valence-electron chi connectivity index (χ4n) is 1.67. The van der Waals surface area contributed by atoms with Crippen molar-refractivity contribution in [2.24, 2.45) is 0 Å². The van der Waals surface area contributed by atoms with Gasteiger partial charge in [0, 0.05) is 6.42 Å². The molecule has 1 aliphatic carbocycles. The van der Waals surface area contributed by atoms with Crippen LogP contribution in [-0.2, 0) is 9.63 Å². The van der Waals surface area contributed by atoms with E-state index >= 15 is 0 Å². The number of carbonyl (C=O) groups is 1. The molecule has 2 rings (SSSR count). The van der Waals surface area contributed by atoms with Gasteiger partial charge in [-0.05, 0) is 19.3 Å². The average Bonchev–Trinajstić information content (AvgIpc) is 2.28. The van der Waals surface area contributed by atoms with Crippen LogP contribution in [0.1, 0.15) is 25.7 Å². The van der Waals surface area contributed by atoms with Crippen molar-refractivity contribution in [2.75, 3.05) is 0 Å². The van der Waals surface area contributed by atoms with Gasteiger partial charge in [0.05, 0.1) is 5.60 Å². The van der Waals surface area contributed by atoms with Crippen LogP contribution in [0.2, 0.25) is 0 Å². The summed E-state index contributed by atoms with van der Waals surface area (Å²) in [5.74, 6) is -0.811. The van der Waals surface area contributed by atoms with E-state index in [2.05, 4.69) is 5.48 Å². The van der Waals surface area contributed by atoms with E-state index in [0.29, 0.717) is 6.42 Å². The molecule has 4 nitrogen and oxygen atoms in total. The van der Waals surface area contributed by atoms with Crippen molar-refractivity contribution in [3.05, 3.63) is 0 Å². The first-order valence-electron chi connectivity index (χ1n) is 3.88. The summed E-state index contributed by atoms with van der Waals surface area (Å²) in [6, 6.07) is -0.490. The predicted molar refractivity (Wildman–Crippen MR) is 36.8 cm³/mol. The summed E-state index contributed by atoms with van der Waals surface area (Å²) in [7, 11) is 0. The lowest BCUT2D eigenvalue weighted by atomic mass is 9.77. The minimum Gasteiger partial charge on any atom is -0.480 e. The molecule has 2 aliphatic rings. The molecule has 1 saturated heterocycles. The molecule has 0 bridgehead atoms. The van der Waals surface area contributed by atoms with Gasteiger partial charge in [-0.25, -0.2) is 0 Å². The number of hydroxylamine groups is 1. The molecule has 0 aromatic rings. The lowest BCUT2D eigenvalue weighted by molar-refractivity contribution is -0.141. The third-order valence-corrected chi connectivity index (χ3v) is 2.56. The van der Waals surface area contributed by atoms with E-state index in [4.69, 9.17) is 9.94 Å². The Morgan fingerprint density at radius 1 is 1.64 bits per heavy atom. The highest BCUT2D eigenvalue weighted by molar-refractivity contribution is 5.73. The first kappa shape index (κ1) is 7.06. The Hall–Kier alpha value is -0.610. The highest BCUT2D eigenvalue weighted by Crippen LogP contribution is 2.41. The maximum absolute atomic E-state index is 10.5. The van der Waals surface area contributed by atoms with Crippen LogP contribution in [0, 0.1) is 0 Å². The molecular weight excluding hydrogens is 146 g/mol. The first-order valence-corrected chi connectivity index (χ1v) is 3.88. The maximum atomic E-state index is 10.5. The van der Waals surface area contributed by atoms with Gasteiger partial charge in [-0.2, -0.15) is 5.48 Å². The normalized spacial score (nSPS) is 33.6. The second-order valence-corrected chi connectivity index (χ2v) is 3.35. The molecule has 1 unspecified atom stereocenters. The second kappa shape index (κ2) is 2.19. The molecule has 2 fully saturated rings. The van der Waals surface area contributed by atoms with Gasteiger partial charge in [0.15, 0.2) is 0 Å². The summed E-state index contributed by atoms with van der Waals surface area (Å²) >= 11 is 0. The molecule has 1 spiro atoms. The van der Waals surface area contributed by atoms with Gasteiger partial charge in [-0.1, -0.05) is 0 Å². The number of rotatable bonds is 1. The van der Waals surface area contributed by atoms with Crippen molar-refractivity contribution in [1.82, 2.24) is 5.48 Å². The SMILES string of the molecule is O=C(O)C1CC2(CCC2)ON1. The van der Waals surface area contributed by atoms with Crippen molar-refractivity contribution in [2.45, 2.75) is 37.3 Å². The molecule has 0 radical (unpaired) electrons. The molecule has 11 heavy (non-hydrogen) atoms. The van der Waals surface area contributed by atoms with Gasteiger partial charge in [-0.3, -0.25) is 9.63 Å². The average molecular weight is 157 g/mol. The Kier molecular flexibility index (Phi) is 1.40. The largest absolute Gasteiger partial charge is 0.480 e. The molecule has 2 N–H and O–H groups in total. The summed E-state index contributed by atoms with van der Waals surface area (Å²) in [6.07, 6.45) is 3.80. The van der Waals surface area contributed by atoms with E-state index in [1.807, 2.05) is 0 Å². The molecule has 0 aromatic heterocycles. The minimum atomic E-state index is -0.811. The van der Waals surface area contributed by atoms with E-state index in [0.717, 1.165) is 19.3 Å². The topological polar surface area (TPSA) is 58.6 Å². The molecule has 1 heterocycles. The molecule has 4 heteroatoms. The molecule has 0 aromatic carbocycles. The third kappa shape index (κ3) is 1.02. The Labute approximate surface area is 64.5 Å². The smallest absolute Gasteiger partial charge is 0.323 e. The molecular formula is C7H11NO3. The number of aliphatic carboxylic acids is 1. The highest BCUT2D eigenvalue weighted by atomic mass is 16.7. The molecule has 62 valence electrons. The van der Waals surface area contributed by atoms with Gasteiger partial charge >= 0.3 is 5.97 Å². The minimum absolute atomic E-state index is 0.122. The summed E-state index contributed by atoms with van der Waals surface area (Å²) in [5, 5.41) is 8.62. The fourth-order valence-corrected chi connectivity index (χ4v) is 1.67. The van der Waals surface area contributed by atoms with Crippen LogP contribution in [0.15, 0.2) is 0 Å².